The van der Waals surface area contributed by atoms with Crippen LogP contribution in [0.15, 0.2) is 30.9 Å². The van der Waals surface area contributed by atoms with E-state index in [1.165, 1.54) is 12.1 Å². The Labute approximate surface area is 90.6 Å². The van der Waals surface area contributed by atoms with Crippen molar-refractivity contribution in [2.24, 2.45) is 0 Å². The highest BCUT2D eigenvalue weighted by Crippen LogP contribution is 2.36. The molecule has 5 heteroatoms. The maximum atomic E-state index is 12.4. The first kappa shape index (κ1) is 11.9. The van der Waals surface area contributed by atoms with E-state index in [1.807, 2.05) is 0 Å². The third-order valence-corrected chi connectivity index (χ3v) is 2.05. The maximum Gasteiger partial charge on any atom is 0.417 e. The summed E-state index contributed by atoms with van der Waals surface area (Å²) in [6.45, 7) is 3.86. The van der Waals surface area contributed by atoms with Crippen LogP contribution in [0, 0.1) is 0 Å². The molecule has 0 aliphatic rings. The Hall–Kier alpha value is -1.16. The van der Waals surface area contributed by atoms with Gasteiger partial charge in [-0.15, -0.1) is 6.58 Å². The maximum absolute atomic E-state index is 12.4. The molecule has 0 radical (unpaired) electrons. The molecule has 0 aliphatic heterocycles. The summed E-state index contributed by atoms with van der Waals surface area (Å²) in [4.78, 5) is 0. The van der Waals surface area contributed by atoms with Crippen molar-refractivity contribution in [2.45, 2.75) is 6.18 Å². The van der Waals surface area contributed by atoms with Gasteiger partial charge in [0.1, 0.15) is 0 Å². The summed E-state index contributed by atoms with van der Waals surface area (Å²) in [7, 11) is 0. The molecule has 0 aliphatic carbocycles. The van der Waals surface area contributed by atoms with Gasteiger partial charge in [0.25, 0.3) is 0 Å². The lowest BCUT2D eigenvalue weighted by Crippen LogP contribution is -2.07. The van der Waals surface area contributed by atoms with E-state index in [9.17, 15) is 13.2 Å². The van der Waals surface area contributed by atoms with Gasteiger partial charge in [-0.25, -0.2) is 0 Å². The molecule has 1 aromatic carbocycles. The van der Waals surface area contributed by atoms with E-state index in [-0.39, 0.29) is 5.02 Å². The van der Waals surface area contributed by atoms with Crippen molar-refractivity contribution in [3.63, 3.8) is 0 Å². The lowest BCUT2D eigenvalue weighted by Gasteiger charge is -2.11. The average Bonchev–Trinajstić information content (AvgIpc) is 2.15. The van der Waals surface area contributed by atoms with Gasteiger partial charge < -0.3 is 5.32 Å². The first-order chi connectivity index (χ1) is 6.95. The smallest absolute Gasteiger partial charge is 0.382 e. The summed E-state index contributed by atoms with van der Waals surface area (Å²) in [5.41, 5.74) is -0.468. The molecule has 0 amide bonds. The van der Waals surface area contributed by atoms with E-state index in [0.717, 1.165) is 6.07 Å². The first-order valence-electron chi connectivity index (χ1n) is 4.16. The molecule has 0 spiro atoms. The summed E-state index contributed by atoms with van der Waals surface area (Å²) in [5, 5.41) is 2.46. The van der Waals surface area contributed by atoms with Crippen LogP contribution in [-0.2, 0) is 6.18 Å². The Morgan fingerprint density at radius 1 is 1.40 bits per heavy atom. The molecule has 0 heterocycles. The van der Waals surface area contributed by atoms with Crippen molar-refractivity contribution in [1.29, 1.82) is 0 Å². The fraction of sp³-hybridized carbons (Fsp3) is 0.200. The van der Waals surface area contributed by atoms with E-state index in [2.05, 4.69) is 11.9 Å². The van der Waals surface area contributed by atoms with E-state index in [4.69, 9.17) is 11.6 Å². The van der Waals surface area contributed by atoms with Gasteiger partial charge in [-0.05, 0) is 18.2 Å². The van der Waals surface area contributed by atoms with Gasteiger partial charge in [-0.3, -0.25) is 0 Å². The topological polar surface area (TPSA) is 12.0 Å². The van der Waals surface area contributed by atoms with Crippen LogP contribution in [-0.4, -0.2) is 6.54 Å². The molecule has 1 aromatic rings. The summed E-state index contributed by atoms with van der Waals surface area (Å²) in [6, 6.07) is 3.68. The number of rotatable bonds is 3. The van der Waals surface area contributed by atoms with Crippen LogP contribution in [0.2, 0.25) is 5.02 Å². The zero-order valence-corrected chi connectivity index (χ0v) is 8.49. The molecule has 0 saturated heterocycles. The van der Waals surface area contributed by atoms with Gasteiger partial charge in [-0.1, -0.05) is 17.7 Å². The molecule has 1 nitrogen and oxygen atoms in total. The molecule has 0 saturated carbocycles. The van der Waals surface area contributed by atoms with Crippen molar-refractivity contribution < 1.29 is 13.2 Å². The van der Waals surface area contributed by atoms with Gasteiger partial charge in [0, 0.05) is 12.2 Å². The number of benzene rings is 1. The molecular formula is C10H9ClF3N. The molecule has 0 fully saturated rings. The van der Waals surface area contributed by atoms with Gasteiger partial charge in [-0.2, -0.15) is 13.2 Å². The lowest BCUT2D eigenvalue weighted by molar-refractivity contribution is -0.137. The van der Waals surface area contributed by atoms with E-state index < -0.39 is 11.7 Å². The van der Waals surface area contributed by atoms with Gasteiger partial charge in [0.15, 0.2) is 0 Å². The van der Waals surface area contributed by atoms with Crippen molar-refractivity contribution in [2.75, 3.05) is 11.9 Å². The highest BCUT2D eigenvalue weighted by atomic mass is 35.5. The SMILES string of the molecule is C=CCNc1ccc(Cl)c(C(F)(F)F)c1. The predicted molar refractivity (Wildman–Crippen MR) is 55.1 cm³/mol. The van der Waals surface area contributed by atoms with Gasteiger partial charge in [0.05, 0.1) is 10.6 Å². The fourth-order valence-corrected chi connectivity index (χ4v) is 1.27. The van der Waals surface area contributed by atoms with Crippen molar-refractivity contribution in [1.82, 2.24) is 0 Å². The Kier molecular flexibility index (Phi) is 3.63. The van der Waals surface area contributed by atoms with E-state index in [1.54, 1.807) is 6.08 Å². The third kappa shape index (κ3) is 3.16. The van der Waals surface area contributed by atoms with Gasteiger partial charge in [0.2, 0.25) is 0 Å². The van der Waals surface area contributed by atoms with Crippen molar-refractivity contribution in [3.05, 3.63) is 41.4 Å². The minimum atomic E-state index is -4.43. The molecule has 0 aromatic heterocycles. The second kappa shape index (κ2) is 4.57. The first-order valence-corrected chi connectivity index (χ1v) is 4.54. The number of alkyl halides is 3. The van der Waals surface area contributed by atoms with Crippen LogP contribution in [0.4, 0.5) is 18.9 Å². The molecule has 0 bridgehead atoms. The zero-order valence-electron chi connectivity index (χ0n) is 7.74. The Bertz CT molecular complexity index is 360. The van der Waals surface area contributed by atoms with Crippen LogP contribution in [0.1, 0.15) is 5.56 Å². The lowest BCUT2D eigenvalue weighted by atomic mass is 10.2. The van der Waals surface area contributed by atoms with E-state index in [0.29, 0.717) is 12.2 Å². The molecule has 15 heavy (non-hydrogen) atoms. The standard InChI is InChI=1S/C10H9ClF3N/c1-2-5-15-7-3-4-9(11)8(6-7)10(12,13)14/h2-4,6,15H,1,5H2. The number of nitrogens with one attached hydrogen (secondary N) is 1. The normalized spacial score (nSPS) is 11.2. The third-order valence-electron chi connectivity index (χ3n) is 1.72. The summed E-state index contributed by atoms with van der Waals surface area (Å²) >= 11 is 5.45. The Morgan fingerprint density at radius 2 is 2.07 bits per heavy atom. The van der Waals surface area contributed by atoms with Crippen LogP contribution in [0.3, 0.4) is 0 Å². The average molecular weight is 236 g/mol. The summed E-state index contributed by atoms with van der Waals surface area (Å²) in [6.07, 6.45) is -2.87. The number of halogens is 4. The molecule has 1 N–H and O–H groups in total. The molecule has 82 valence electrons. The zero-order chi connectivity index (χ0) is 11.5. The molecule has 1 rings (SSSR count). The van der Waals surface area contributed by atoms with Crippen molar-refractivity contribution in [3.8, 4) is 0 Å². The largest absolute Gasteiger partial charge is 0.417 e. The van der Waals surface area contributed by atoms with E-state index >= 15 is 0 Å². The van der Waals surface area contributed by atoms with Crippen LogP contribution >= 0.6 is 11.6 Å². The van der Waals surface area contributed by atoms with Crippen LogP contribution in [0.25, 0.3) is 0 Å². The Balaban J connectivity index is 3.00. The summed E-state index contributed by atoms with van der Waals surface area (Å²) in [5.74, 6) is 0. The highest BCUT2D eigenvalue weighted by Gasteiger charge is 2.33. The van der Waals surface area contributed by atoms with Gasteiger partial charge >= 0.3 is 6.18 Å². The van der Waals surface area contributed by atoms with Crippen LogP contribution < -0.4 is 5.32 Å². The number of hydrogen-bond donors (Lipinski definition) is 1. The molecular weight excluding hydrogens is 227 g/mol. The highest BCUT2D eigenvalue weighted by molar-refractivity contribution is 6.31. The monoisotopic (exact) mass is 235 g/mol. The van der Waals surface area contributed by atoms with Crippen LogP contribution in [0.5, 0.6) is 0 Å². The fourth-order valence-electron chi connectivity index (χ4n) is 1.04. The predicted octanol–water partition coefficient (Wildman–Crippen LogP) is 3.96. The molecule has 0 atom stereocenters. The Morgan fingerprint density at radius 3 is 2.60 bits per heavy atom. The second-order valence-corrected chi connectivity index (χ2v) is 3.27. The number of anilines is 1. The van der Waals surface area contributed by atoms with Crippen molar-refractivity contribution >= 4 is 17.3 Å². The summed E-state index contributed by atoms with van der Waals surface area (Å²) < 4.78 is 37.3. The minimum absolute atomic E-state index is 0.299. The quantitative estimate of drug-likeness (QED) is 0.782. The number of hydrogen-bond acceptors (Lipinski definition) is 1. The molecule has 0 unspecified atom stereocenters. The second-order valence-electron chi connectivity index (χ2n) is 2.86. The minimum Gasteiger partial charge on any atom is -0.382 e.